The van der Waals surface area contributed by atoms with Gasteiger partial charge in [-0.15, -0.1) is 0 Å². The summed E-state index contributed by atoms with van der Waals surface area (Å²) in [6.45, 7) is 0. The van der Waals surface area contributed by atoms with Crippen LogP contribution in [0.15, 0.2) is 23.2 Å². The molecule has 2 bridgehead atoms. The third-order valence-corrected chi connectivity index (χ3v) is 6.24. The zero-order valence-corrected chi connectivity index (χ0v) is 12.2. The first-order valence-corrected chi connectivity index (χ1v) is 8.32. The number of aliphatic hydroxyl groups excluding tert-OH is 1. The third-order valence-electron chi connectivity index (χ3n) is 4.20. The van der Waals surface area contributed by atoms with Gasteiger partial charge in [-0.25, -0.2) is 13.4 Å². The molecule has 3 rings (SSSR count). The van der Waals surface area contributed by atoms with Gasteiger partial charge >= 0.3 is 0 Å². The first-order valence-electron chi connectivity index (χ1n) is 6.88. The van der Waals surface area contributed by atoms with Crippen molar-refractivity contribution in [1.82, 2.24) is 9.29 Å². The number of hydrogen-bond acceptors (Lipinski definition) is 5. The number of pyridine rings is 1. The molecule has 2 unspecified atom stereocenters. The lowest BCUT2D eigenvalue weighted by atomic mass is 10.0. The van der Waals surface area contributed by atoms with E-state index in [1.54, 1.807) is 29.7 Å². The molecule has 0 amide bonds. The standard InChI is InChI=1S/C13H19N3O3S/c1-14-13-12(3-2-6-15-13)20(18,19)16-9-4-5-10(16)8-11(17)7-9/h2-3,6,9-11,17H,4-5,7-8H2,1H3,(H,14,15). The average molecular weight is 297 g/mol. The van der Waals surface area contributed by atoms with E-state index >= 15 is 0 Å². The molecule has 6 nitrogen and oxygen atoms in total. The monoisotopic (exact) mass is 297 g/mol. The molecule has 7 heteroatoms. The number of nitrogens with zero attached hydrogens (tertiary/aromatic N) is 2. The second-order valence-electron chi connectivity index (χ2n) is 5.45. The Bertz CT molecular complexity index is 591. The Morgan fingerprint density at radius 2 is 2.00 bits per heavy atom. The van der Waals surface area contributed by atoms with Crippen LogP contribution < -0.4 is 5.32 Å². The van der Waals surface area contributed by atoms with E-state index < -0.39 is 10.0 Å². The van der Waals surface area contributed by atoms with E-state index in [9.17, 15) is 13.5 Å². The highest BCUT2D eigenvalue weighted by Crippen LogP contribution is 2.40. The summed E-state index contributed by atoms with van der Waals surface area (Å²) in [5.74, 6) is 0.373. The molecule has 2 aliphatic heterocycles. The van der Waals surface area contributed by atoms with Crippen molar-refractivity contribution >= 4 is 15.8 Å². The van der Waals surface area contributed by atoms with Crippen molar-refractivity contribution in [2.24, 2.45) is 0 Å². The smallest absolute Gasteiger partial charge is 0.247 e. The fourth-order valence-corrected chi connectivity index (χ4v) is 5.44. The van der Waals surface area contributed by atoms with Gasteiger partial charge in [-0.1, -0.05) is 0 Å². The van der Waals surface area contributed by atoms with Crippen molar-refractivity contribution in [3.05, 3.63) is 18.3 Å². The van der Waals surface area contributed by atoms with E-state index in [0.717, 1.165) is 12.8 Å². The molecule has 3 heterocycles. The molecule has 2 saturated heterocycles. The molecular formula is C13H19N3O3S. The second kappa shape index (κ2) is 4.98. The van der Waals surface area contributed by atoms with Crippen molar-refractivity contribution in [3.63, 3.8) is 0 Å². The third kappa shape index (κ3) is 2.10. The van der Waals surface area contributed by atoms with Gasteiger partial charge in [-0.05, 0) is 37.8 Å². The number of hydrogen-bond donors (Lipinski definition) is 2. The van der Waals surface area contributed by atoms with Crippen molar-refractivity contribution in [2.75, 3.05) is 12.4 Å². The molecule has 0 aliphatic carbocycles. The minimum atomic E-state index is -3.57. The summed E-state index contributed by atoms with van der Waals surface area (Å²) in [5.41, 5.74) is 0. The molecule has 0 saturated carbocycles. The minimum Gasteiger partial charge on any atom is -0.393 e. The molecule has 0 aromatic carbocycles. The molecule has 2 N–H and O–H groups in total. The van der Waals surface area contributed by atoms with Gasteiger partial charge in [0.25, 0.3) is 0 Å². The summed E-state index contributed by atoms with van der Waals surface area (Å²) in [5, 5.41) is 12.6. The van der Waals surface area contributed by atoms with Gasteiger partial charge in [0.1, 0.15) is 10.7 Å². The zero-order chi connectivity index (χ0) is 14.3. The largest absolute Gasteiger partial charge is 0.393 e. The van der Waals surface area contributed by atoms with Gasteiger partial charge in [0.05, 0.1) is 6.10 Å². The van der Waals surface area contributed by atoms with Crippen LogP contribution in [0.25, 0.3) is 0 Å². The molecule has 0 radical (unpaired) electrons. The molecule has 2 fully saturated rings. The van der Waals surface area contributed by atoms with Crippen LogP contribution in [0.1, 0.15) is 25.7 Å². The summed E-state index contributed by atoms with van der Waals surface area (Å²) < 4.78 is 27.4. The summed E-state index contributed by atoms with van der Waals surface area (Å²) in [6.07, 6.45) is 3.91. The number of aromatic nitrogens is 1. The predicted molar refractivity (Wildman–Crippen MR) is 74.9 cm³/mol. The van der Waals surface area contributed by atoms with Gasteiger partial charge in [-0.3, -0.25) is 0 Å². The highest BCUT2D eigenvalue weighted by Gasteiger charge is 2.47. The first kappa shape index (κ1) is 13.8. The number of rotatable bonds is 3. The number of sulfonamides is 1. The lowest BCUT2D eigenvalue weighted by molar-refractivity contribution is 0.0769. The Balaban J connectivity index is 2.01. The van der Waals surface area contributed by atoms with E-state index in [1.807, 2.05) is 0 Å². The molecule has 1 aromatic rings. The van der Waals surface area contributed by atoms with Crippen LogP contribution in [0, 0.1) is 0 Å². The maximum atomic E-state index is 12.9. The molecular weight excluding hydrogens is 278 g/mol. The second-order valence-corrected chi connectivity index (χ2v) is 7.26. The zero-order valence-electron chi connectivity index (χ0n) is 11.4. The van der Waals surface area contributed by atoms with Gasteiger partial charge < -0.3 is 10.4 Å². The summed E-state index contributed by atoms with van der Waals surface area (Å²) in [7, 11) is -1.90. The highest BCUT2D eigenvalue weighted by atomic mass is 32.2. The maximum absolute atomic E-state index is 12.9. The van der Waals surface area contributed by atoms with Crippen LogP contribution in [0.2, 0.25) is 0 Å². The van der Waals surface area contributed by atoms with Crippen LogP contribution in [-0.4, -0.2) is 48.0 Å². The Morgan fingerprint density at radius 3 is 2.60 bits per heavy atom. The number of anilines is 1. The van der Waals surface area contributed by atoms with Crippen LogP contribution in [0.5, 0.6) is 0 Å². The molecule has 110 valence electrons. The van der Waals surface area contributed by atoms with Crippen molar-refractivity contribution < 1.29 is 13.5 Å². The summed E-state index contributed by atoms with van der Waals surface area (Å²) in [4.78, 5) is 4.30. The molecule has 1 aromatic heterocycles. The van der Waals surface area contributed by atoms with Crippen molar-refractivity contribution in [1.29, 1.82) is 0 Å². The highest BCUT2D eigenvalue weighted by molar-refractivity contribution is 7.89. The lowest BCUT2D eigenvalue weighted by Gasteiger charge is -2.36. The number of fused-ring (bicyclic) bond motifs is 2. The lowest BCUT2D eigenvalue weighted by Crippen LogP contribution is -2.47. The summed E-state index contributed by atoms with van der Waals surface area (Å²) >= 11 is 0. The van der Waals surface area contributed by atoms with Crippen LogP contribution in [0.4, 0.5) is 5.82 Å². The van der Waals surface area contributed by atoms with Crippen molar-refractivity contribution in [2.45, 2.75) is 48.8 Å². The van der Waals surface area contributed by atoms with E-state index in [-0.39, 0.29) is 23.1 Å². The predicted octanol–water partition coefficient (Wildman–Crippen LogP) is 0.800. The van der Waals surface area contributed by atoms with Gasteiger partial charge in [-0.2, -0.15) is 4.31 Å². The van der Waals surface area contributed by atoms with Crippen LogP contribution >= 0.6 is 0 Å². The Labute approximate surface area is 118 Å². The van der Waals surface area contributed by atoms with Gasteiger partial charge in [0.15, 0.2) is 0 Å². The van der Waals surface area contributed by atoms with Gasteiger partial charge in [0.2, 0.25) is 10.0 Å². The van der Waals surface area contributed by atoms with E-state index in [4.69, 9.17) is 0 Å². The molecule has 0 spiro atoms. The quantitative estimate of drug-likeness (QED) is 0.862. The van der Waals surface area contributed by atoms with E-state index in [2.05, 4.69) is 10.3 Å². The van der Waals surface area contributed by atoms with E-state index in [0.29, 0.717) is 18.7 Å². The Hall–Kier alpha value is -1.18. The SMILES string of the molecule is CNc1ncccc1S(=O)(=O)N1C2CCC1CC(O)C2. The number of piperidine rings is 1. The fourth-order valence-electron chi connectivity index (χ4n) is 3.40. The maximum Gasteiger partial charge on any atom is 0.247 e. The van der Waals surface area contributed by atoms with Crippen LogP contribution in [0.3, 0.4) is 0 Å². The number of nitrogens with one attached hydrogen (secondary N) is 1. The van der Waals surface area contributed by atoms with E-state index in [1.165, 1.54) is 0 Å². The average Bonchev–Trinajstić information content (AvgIpc) is 2.72. The Morgan fingerprint density at radius 1 is 1.35 bits per heavy atom. The first-order chi connectivity index (χ1) is 9.54. The Kier molecular flexibility index (Phi) is 3.43. The van der Waals surface area contributed by atoms with Crippen LogP contribution in [-0.2, 0) is 10.0 Å². The molecule has 2 atom stereocenters. The fraction of sp³-hybridized carbons (Fsp3) is 0.615. The molecule has 20 heavy (non-hydrogen) atoms. The van der Waals surface area contributed by atoms with Gasteiger partial charge in [0, 0.05) is 25.3 Å². The minimum absolute atomic E-state index is 0.0846. The topological polar surface area (TPSA) is 82.5 Å². The van der Waals surface area contributed by atoms with Crippen molar-refractivity contribution in [3.8, 4) is 0 Å². The number of aliphatic hydroxyl groups is 1. The molecule has 2 aliphatic rings. The summed E-state index contributed by atoms with van der Waals surface area (Å²) in [6, 6.07) is 3.05. The normalized spacial score (nSPS) is 30.4.